The molecule has 1 aromatic rings. The number of nitrogens with one attached hydrogen (secondary N) is 1. The van der Waals surface area contributed by atoms with E-state index in [9.17, 15) is 8.42 Å². The largest absolute Gasteiger partial charge is 0.311 e. The molecule has 1 aromatic carbocycles. The fraction of sp³-hybridized carbons (Fsp3) is 0.600. The van der Waals surface area contributed by atoms with Gasteiger partial charge >= 0.3 is 0 Å². The molecule has 0 amide bonds. The van der Waals surface area contributed by atoms with E-state index in [4.69, 9.17) is 0 Å². The van der Waals surface area contributed by atoms with Crippen LogP contribution >= 0.6 is 0 Å². The minimum Gasteiger partial charge on any atom is -0.311 e. The molecule has 1 saturated heterocycles. The fourth-order valence-electron chi connectivity index (χ4n) is 2.68. The van der Waals surface area contributed by atoms with Crippen molar-refractivity contribution in [3.63, 3.8) is 0 Å². The van der Waals surface area contributed by atoms with Gasteiger partial charge in [0.25, 0.3) is 0 Å². The summed E-state index contributed by atoms with van der Waals surface area (Å²) in [6.45, 7) is 4.60. The summed E-state index contributed by atoms with van der Waals surface area (Å²) in [5, 5.41) is 3.49. The van der Waals surface area contributed by atoms with Gasteiger partial charge in [-0.3, -0.25) is 4.90 Å². The highest BCUT2D eigenvalue weighted by atomic mass is 32.2. The van der Waals surface area contributed by atoms with E-state index in [1.165, 1.54) is 11.8 Å². The monoisotopic (exact) mass is 296 g/mol. The van der Waals surface area contributed by atoms with Gasteiger partial charge in [0.05, 0.1) is 5.75 Å². The van der Waals surface area contributed by atoms with Gasteiger partial charge in [-0.1, -0.05) is 30.3 Å². The zero-order chi connectivity index (χ0) is 14.6. The number of rotatable bonds is 5. The van der Waals surface area contributed by atoms with Crippen molar-refractivity contribution in [3.8, 4) is 0 Å². The summed E-state index contributed by atoms with van der Waals surface area (Å²) >= 11 is 0. The van der Waals surface area contributed by atoms with Gasteiger partial charge in [-0.2, -0.15) is 0 Å². The summed E-state index contributed by atoms with van der Waals surface area (Å²) in [7, 11) is -2.90. The van der Waals surface area contributed by atoms with Crippen LogP contribution in [-0.4, -0.2) is 57.0 Å². The average molecular weight is 296 g/mol. The summed E-state index contributed by atoms with van der Waals surface area (Å²) in [6, 6.07) is 11.2. The molecule has 20 heavy (non-hydrogen) atoms. The van der Waals surface area contributed by atoms with Gasteiger partial charge in [0.1, 0.15) is 9.84 Å². The molecule has 0 radical (unpaired) electrons. The zero-order valence-corrected chi connectivity index (χ0v) is 13.1. The first-order valence-corrected chi connectivity index (χ1v) is 9.19. The Morgan fingerprint density at radius 3 is 2.65 bits per heavy atom. The number of hydrogen-bond acceptors (Lipinski definition) is 4. The van der Waals surface area contributed by atoms with Gasteiger partial charge < -0.3 is 5.32 Å². The van der Waals surface area contributed by atoms with E-state index in [2.05, 4.69) is 41.4 Å². The number of benzene rings is 1. The Morgan fingerprint density at radius 2 is 2.00 bits per heavy atom. The Hall–Kier alpha value is -0.910. The van der Waals surface area contributed by atoms with E-state index in [-0.39, 0.29) is 5.75 Å². The first kappa shape index (κ1) is 15.5. The van der Waals surface area contributed by atoms with Crippen LogP contribution in [0.4, 0.5) is 0 Å². The summed E-state index contributed by atoms with van der Waals surface area (Å²) in [4.78, 5) is 2.31. The zero-order valence-electron chi connectivity index (χ0n) is 12.2. The van der Waals surface area contributed by atoms with Crippen LogP contribution in [0.1, 0.15) is 12.5 Å². The normalized spacial score (nSPS) is 24.7. The maximum absolute atomic E-state index is 11.4. The lowest BCUT2D eigenvalue weighted by Gasteiger charge is -2.39. The van der Waals surface area contributed by atoms with E-state index in [0.29, 0.717) is 18.6 Å². The molecule has 2 rings (SSSR count). The molecular weight excluding hydrogens is 272 g/mol. The van der Waals surface area contributed by atoms with Crippen molar-refractivity contribution in [3.05, 3.63) is 35.9 Å². The van der Waals surface area contributed by atoms with Crippen molar-refractivity contribution in [2.75, 3.05) is 31.6 Å². The van der Waals surface area contributed by atoms with Gasteiger partial charge in [-0.25, -0.2) is 8.42 Å². The lowest BCUT2D eigenvalue weighted by Crippen LogP contribution is -2.57. The minimum absolute atomic E-state index is 0.241. The third-order valence-electron chi connectivity index (χ3n) is 3.79. The topological polar surface area (TPSA) is 49.4 Å². The molecule has 0 spiro atoms. The summed E-state index contributed by atoms with van der Waals surface area (Å²) in [5.41, 5.74) is 1.30. The molecule has 0 saturated carbocycles. The molecule has 0 bridgehead atoms. The van der Waals surface area contributed by atoms with Crippen molar-refractivity contribution in [2.45, 2.75) is 25.4 Å². The van der Waals surface area contributed by atoms with Crippen molar-refractivity contribution >= 4 is 9.84 Å². The lowest BCUT2D eigenvalue weighted by atomic mass is 10.0. The van der Waals surface area contributed by atoms with Crippen molar-refractivity contribution in [2.24, 2.45) is 0 Å². The van der Waals surface area contributed by atoms with Crippen LogP contribution in [0.3, 0.4) is 0 Å². The third kappa shape index (κ3) is 4.89. The first-order chi connectivity index (χ1) is 9.44. The van der Waals surface area contributed by atoms with Crippen LogP contribution < -0.4 is 5.32 Å². The molecule has 1 heterocycles. The van der Waals surface area contributed by atoms with Gasteiger partial charge in [0.15, 0.2) is 0 Å². The average Bonchev–Trinajstić information content (AvgIpc) is 2.39. The number of nitrogens with zero attached hydrogens (tertiary/aromatic N) is 1. The summed E-state index contributed by atoms with van der Waals surface area (Å²) < 4.78 is 22.8. The molecule has 1 aliphatic heterocycles. The van der Waals surface area contributed by atoms with E-state index in [1.807, 2.05) is 6.07 Å². The molecule has 0 aromatic heterocycles. The van der Waals surface area contributed by atoms with E-state index in [1.54, 1.807) is 0 Å². The highest BCUT2D eigenvalue weighted by molar-refractivity contribution is 7.90. The van der Waals surface area contributed by atoms with E-state index < -0.39 is 9.84 Å². The molecule has 1 N–H and O–H groups in total. The van der Waals surface area contributed by atoms with Crippen LogP contribution in [0.25, 0.3) is 0 Å². The Bertz CT molecular complexity index is 516. The second kappa shape index (κ2) is 6.70. The predicted octanol–water partition coefficient (Wildman–Crippen LogP) is 0.936. The summed E-state index contributed by atoms with van der Waals surface area (Å²) in [6.07, 6.45) is 2.27. The lowest BCUT2D eigenvalue weighted by molar-refractivity contribution is 0.143. The van der Waals surface area contributed by atoms with Crippen LogP contribution in [-0.2, 0) is 16.3 Å². The second-order valence-corrected chi connectivity index (χ2v) is 8.04. The fourth-order valence-corrected chi connectivity index (χ4v) is 3.24. The SMILES string of the molecule is CC1CN(CCS(C)(=O)=O)C(Cc2ccccc2)CN1. The molecule has 112 valence electrons. The minimum atomic E-state index is -2.90. The maximum atomic E-state index is 11.4. The summed E-state index contributed by atoms with van der Waals surface area (Å²) in [5.74, 6) is 0.241. The van der Waals surface area contributed by atoms with Gasteiger partial charge in [0, 0.05) is 38.0 Å². The molecule has 2 atom stereocenters. The Morgan fingerprint density at radius 1 is 1.30 bits per heavy atom. The van der Waals surface area contributed by atoms with Crippen LogP contribution in [0.15, 0.2) is 30.3 Å². The number of piperazine rings is 1. The standard InChI is InChI=1S/C15H24N2O2S/c1-13-12-17(8-9-20(2,18)19)15(11-16-13)10-14-6-4-3-5-7-14/h3-7,13,15-16H,8-12H2,1-2H3. The van der Waals surface area contributed by atoms with Crippen LogP contribution in [0, 0.1) is 0 Å². The smallest absolute Gasteiger partial charge is 0.148 e. The van der Waals surface area contributed by atoms with Crippen molar-refractivity contribution in [1.29, 1.82) is 0 Å². The predicted molar refractivity (Wildman–Crippen MR) is 82.7 cm³/mol. The van der Waals surface area contributed by atoms with Gasteiger partial charge in [0.2, 0.25) is 0 Å². The molecular formula is C15H24N2O2S. The molecule has 0 aliphatic carbocycles. The van der Waals surface area contributed by atoms with Crippen molar-refractivity contribution < 1.29 is 8.42 Å². The molecule has 5 heteroatoms. The van der Waals surface area contributed by atoms with Crippen LogP contribution in [0.2, 0.25) is 0 Å². The third-order valence-corrected chi connectivity index (χ3v) is 4.71. The Kier molecular flexibility index (Phi) is 5.18. The Labute approximate surface area is 122 Å². The van der Waals surface area contributed by atoms with E-state index >= 15 is 0 Å². The van der Waals surface area contributed by atoms with Crippen molar-refractivity contribution in [1.82, 2.24) is 10.2 Å². The molecule has 4 nitrogen and oxygen atoms in total. The molecule has 1 fully saturated rings. The molecule has 1 aliphatic rings. The number of hydrogen-bond donors (Lipinski definition) is 1. The van der Waals surface area contributed by atoms with Gasteiger partial charge in [-0.15, -0.1) is 0 Å². The highest BCUT2D eigenvalue weighted by Gasteiger charge is 2.26. The quantitative estimate of drug-likeness (QED) is 0.878. The van der Waals surface area contributed by atoms with Crippen LogP contribution in [0.5, 0.6) is 0 Å². The molecule has 2 unspecified atom stereocenters. The first-order valence-electron chi connectivity index (χ1n) is 7.13. The van der Waals surface area contributed by atoms with E-state index in [0.717, 1.165) is 19.5 Å². The van der Waals surface area contributed by atoms with Gasteiger partial charge in [-0.05, 0) is 18.9 Å². The highest BCUT2D eigenvalue weighted by Crippen LogP contribution is 2.13. The number of sulfone groups is 1. The second-order valence-electron chi connectivity index (χ2n) is 5.78. The maximum Gasteiger partial charge on any atom is 0.148 e. The Balaban J connectivity index is 2.00.